The molecule has 0 heterocycles. The average molecular weight is 180 g/mol. The van der Waals surface area contributed by atoms with Gasteiger partial charge >= 0.3 is 0 Å². The van der Waals surface area contributed by atoms with Crippen molar-refractivity contribution in [1.82, 2.24) is 0 Å². The van der Waals surface area contributed by atoms with Gasteiger partial charge in [-0.1, -0.05) is 39.3 Å². The Hall–Kier alpha value is -0.260. The van der Waals surface area contributed by atoms with E-state index in [-0.39, 0.29) is 0 Å². The highest BCUT2D eigenvalue weighted by Gasteiger charge is 2.37. The van der Waals surface area contributed by atoms with Crippen molar-refractivity contribution in [2.45, 2.75) is 47.0 Å². The monoisotopic (exact) mass is 180 g/mol. The maximum Gasteiger partial charge on any atom is -0.0204 e. The molecule has 1 aliphatic carbocycles. The highest BCUT2D eigenvalue weighted by Crippen LogP contribution is 2.46. The lowest BCUT2D eigenvalue weighted by molar-refractivity contribution is 0.242. The van der Waals surface area contributed by atoms with E-state index in [4.69, 9.17) is 0 Å². The van der Waals surface area contributed by atoms with Crippen LogP contribution in [0.1, 0.15) is 47.0 Å². The predicted octanol–water partition coefficient (Wildman–Crippen LogP) is 4.27. The molecule has 0 amide bonds. The topological polar surface area (TPSA) is 0 Å². The van der Waals surface area contributed by atoms with Gasteiger partial charge in [0, 0.05) is 0 Å². The largest absolute Gasteiger partial charge is 0.0999 e. The van der Waals surface area contributed by atoms with Crippen molar-refractivity contribution in [2.24, 2.45) is 23.7 Å². The van der Waals surface area contributed by atoms with Crippen LogP contribution in [0.2, 0.25) is 0 Å². The van der Waals surface area contributed by atoms with E-state index in [9.17, 15) is 0 Å². The third-order valence-electron chi connectivity index (χ3n) is 3.82. The zero-order valence-electron chi connectivity index (χ0n) is 9.64. The van der Waals surface area contributed by atoms with Crippen LogP contribution in [-0.4, -0.2) is 0 Å². The van der Waals surface area contributed by atoms with E-state index < -0.39 is 0 Å². The van der Waals surface area contributed by atoms with Crippen LogP contribution in [0.5, 0.6) is 0 Å². The molecule has 1 saturated carbocycles. The summed E-state index contributed by atoms with van der Waals surface area (Å²) in [6, 6.07) is 0. The maximum absolute atomic E-state index is 4.10. The first kappa shape index (κ1) is 10.8. The van der Waals surface area contributed by atoms with Crippen molar-refractivity contribution in [3.05, 3.63) is 12.2 Å². The standard InChI is InChI=1S/C13H24/c1-6-10(4)13(12-7-8-12)11(5)9(2)3/h10-13H,2,6-8H2,1,3-5H3. The number of allylic oxidation sites excluding steroid dienone is 1. The van der Waals surface area contributed by atoms with E-state index in [0.717, 1.165) is 23.7 Å². The van der Waals surface area contributed by atoms with E-state index in [0.29, 0.717) is 0 Å². The van der Waals surface area contributed by atoms with Crippen molar-refractivity contribution < 1.29 is 0 Å². The van der Waals surface area contributed by atoms with Crippen molar-refractivity contribution in [2.75, 3.05) is 0 Å². The number of hydrogen-bond donors (Lipinski definition) is 0. The van der Waals surface area contributed by atoms with Gasteiger partial charge in [-0.2, -0.15) is 0 Å². The Balaban J connectivity index is 2.60. The fourth-order valence-electron chi connectivity index (χ4n) is 2.45. The second kappa shape index (κ2) is 4.30. The minimum Gasteiger partial charge on any atom is -0.0999 e. The molecule has 0 aliphatic heterocycles. The highest BCUT2D eigenvalue weighted by molar-refractivity contribution is 5.01. The van der Waals surface area contributed by atoms with Crippen molar-refractivity contribution in [3.8, 4) is 0 Å². The molecular formula is C13H24. The summed E-state index contributed by atoms with van der Waals surface area (Å²) in [5, 5.41) is 0. The second-order valence-corrected chi connectivity index (χ2v) is 4.94. The van der Waals surface area contributed by atoms with Gasteiger partial charge in [0.05, 0.1) is 0 Å². The summed E-state index contributed by atoms with van der Waals surface area (Å²) in [4.78, 5) is 0. The highest BCUT2D eigenvalue weighted by atomic mass is 14.4. The lowest BCUT2D eigenvalue weighted by Crippen LogP contribution is -2.22. The molecule has 0 aromatic rings. The summed E-state index contributed by atoms with van der Waals surface area (Å²) in [5.41, 5.74) is 1.37. The maximum atomic E-state index is 4.10. The van der Waals surface area contributed by atoms with Gasteiger partial charge in [-0.25, -0.2) is 0 Å². The van der Waals surface area contributed by atoms with Crippen LogP contribution in [0.15, 0.2) is 12.2 Å². The van der Waals surface area contributed by atoms with Gasteiger partial charge < -0.3 is 0 Å². The van der Waals surface area contributed by atoms with Crippen LogP contribution in [-0.2, 0) is 0 Å². The van der Waals surface area contributed by atoms with Crippen LogP contribution < -0.4 is 0 Å². The van der Waals surface area contributed by atoms with Gasteiger partial charge in [0.15, 0.2) is 0 Å². The molecule has 0 nitrogen and oxygen atoms in total. The molecule has 0 aromatic heterocycles. The van der Waals surface area contributed by atoms with Crippen LogP contribution in [0.25, 0.3) is 0 Å². The van der Waals surface area contributed by atoms with E-state index in [1.165, 1.54) is 24.8 Å². The molecule has 1 rings (SSSR count). The Bertz CT molecular complexity index is 176. The first-order valence-corrected chi connectivity index (χ1v) is 5.73. The number of rotatable bonds is 5. The zero-order valence-corrected chi connectivity index (χ0v) is 9.64. The van der Waals surface area contributed by atoms with Crippen molar-refractivity contribution in [3.63, 3.8) is 0 Å². The summed E-state index contributed by atoms with van der Waals surface area (Å²) in [6.07, 6.45) is 4.25. The van der Waals surface area contributed by atoms with Crippen LogP contribution in [0.4, 0.5) is 0 Å². The Morgan fingerprint density at radius 1 is 1.38 bits per heavy atom. The lowest BCUT2D eigenvalue weighted by atomic mass is 9.76. The third-order valence-corrected chi connectivity index (χ3v) is 3.82. The summed E-state index contributed by atoms with van der Waals surface area (Å²) in [6.45, 7) is 13.4. The van der Waals surface area contributed by atoms with Crippen molar-refractivity contribution >= 4 is 0 Å². The van der Waals surface area contributed by atoms with E-state index >= 15 is 0 Å². The minimum absolute atomic E-state index is 0.724. The van der Waals surface area contributed by atoms with Gasteiger partial charge in [-0.3, -0.25) is 0 Å². The summed E-state index contributed by atoms with van der Waals surface area (Å²) in [7, 11) is 0. The first-order chi connectivity index (χ1) is 6.07. The Kier molecular flexibility index (Phi) is 3.58. The average Bonchev–Trinajstić information content (AvgIpc) is 2.88. The SMILES string of the molecule is C=C(C)C(C)C(C(C)CC)C1CC1. The third kappa shape index (κ3) is 2.59. The first-order valence-electron chi connectivity index (χ1n) is 5.73. The molecule has 13 heavy (non-hydrogen) atoms. The van der Waals surface area contributed by atoms with Gasteiger partial charge in [-0.15, -0.1) is 0 Å². The van der Waals surface area contributed by atoms with Gasteiger partial charge in [0.25, 0.3) is 0 Å². The Morgan fingerprint density at radius 3 is 2.23 bits per heavy atom. The van der Waals surface area contributed by atoms with E-state index in [2.05, 4.69) is 34.3 Å². The Labute approximate surface area is 83.4 Å². The van der Waals surface area contributed by atoms with Crippen LogP contribution in [0, 0.1) is 23.7 Å². The van der Waals surface area contributed by atoms with Crippen LogP contribution >= 0.6 is 0 Å². The molecule has 0 heteroatoms. The molecule has 0 radical (unpaired) electrons. The van der Waals surface area contributed by atoms with Gasteiger partial charge in [0.1, 0.15) is 0 Å². The van der Waals surface area contributed by atoms with E-state index in [1.54, 1.807) is 0 Å². The van der Waals surface area contributed by atoms with Crippen LogP contribution in [0.3, 0.4) is 0 Å². The van der Waals surface area contributed by atoms with Crippen molar-refractivity contribution in [1.29, 1.82) is 0 Å². The smallest absolute Gasteiger partial charge is 0.0204 e. The molecule has 0 spiro atoms. The zero-order chi connectivity index (χ0) is 10.0. The number of hydrogen-bond acceptors (Lipinski definition) is 0. The molecule has 3 atom stereocenters. The summed E-state index contributed by atoms with van der Waals surface area (Å²) in [5.74, 6) is 3.52. The molecule has 3 unspecified atom stereocenters. The normalized spacial score (nSPS) is 23.7. The Morgan fingerprint density at radius 2 is 1.92 bits per heavy atom. The molecule has 76 valence electrons. The fourth-order valence-corrected chi connectivity index (χ4v) is 2.45. The summed E-state index contributed by atoms with van der Waals surface area (Å²) >= 11 is 0. The predicted molar refractivity (Wildman–Crippen MR) is 59.6 cm³/mol. The molecule has 0 saturated heterocycles. The van der Waals surface area contributed by atoms with E-state index in [1.807, 2.05) is 0 Å². The lowest BCUT2D eigenvalue weighted by Gasteiger charge is -2.29. The molecule has 0 bridgehead atoms. The minimum atomic E-state index is 0.724. The molecular weight excluding hydrogens is 156 g/mol. The summed E-state index contributed by atoms with van der Waals surface area (Å²) < 4.78 is 0. The fraction of sp³-hybridized carbons (Fsp3) is 0.846. The molecule has 1 fully saturated rings. The van der Waals surface area contributed by atoms with Gasteiger partial charge in [0.2, 0.25) is 0 Å². The molecule has 0 N–H and O–H groups in total. The molecule has 1 aliphatic rings. The quantitative estimate of drug-likeness (QED) is 0.554. The van der Waals surface area contributed by atoms with Gasteiger partial charge in [-0.05, 0) is 43.4 Å². The second-order valence-electron chi connectivity index (χ2n) is 4.94. The molecule has 0 aromatic carbocycles.